The lowest BCUT2D eigenvalue weighted by molar-refractivity contribution is -0.118. The first-order valence-corrected chi connectivity index (χ1v) is 10.0. The number of hydrogen-bond acceptors (Lipinski definition) is 4. The van der Waals surface area contributed by atoms with Crippen molar-refractivity contribution in [3.63, 3.8) is 0 Å². The predicted molar refractivity (Wildman–Crippen MR) is 121 cm³/mol. The first kappa shape index (κ1) is 19.1. The van der Waals surface area contributed by atoms with Crippen LogP contribution in [0.1, 0.15) is 0 Å². The van der Waals surface area contributed by atoms with Crippen LogP contribution in [0.4, 0.5) is 5.69 Å². The number of carbonyl (C=O) groups is 1. The van der Waals surface area contributed by atoms with E-state index in [0.717, 1.165) is 14.7 Å². The van der Waals surface area contributed by atoms with Crippen molar-refractivity contribution in [1.29, 1.82) is 0 Å². The zero-order valence-electron chi connectivity index (χ0n) is 15.3. The van der Waals surface area contributed by atoms with E-state index in [2.05, 4.69) is 43.1 Å². The zero-order valence-corrected chi connectivity index (χ0v) is 17.5. The molecule has 0 unspecified atom stereocenters. The predicted octanol–water partition coefficient (Wildman–Crippen LogP) is 4.76. The minimum absolute atomic E-state index is 0.0827. The average Bonchev–Trinajstić information content (AvgIpc) is 3.24. The van der Waals surface area contributed by atoms with Gasteiger partial charge in [-0.1, -0.05) is 42.5 Å². The van der Waals surface area contributed by atoms with Crippen molar-refractivity contribution < 1.29 is 9.53 Å². The maximum atomic E-state index is 12.4. The number of hydrogen-bond donors (Lipinski definition) is 2. The Hall–Kier alpha value is -3.20. The number of nitrogens with one attached hydrogen (secondary N) is 2. The van der Waals surface area contributed by atoms with Crippen molar-refractivity contribution in [2.75, 3.05) is 11.9 Å². The Balaban J connectivity index is 1.48. The Kier molecular flexibility index (Phi) is 5.85. The summed E-state index contributed by atoms with van der Waals surface area (Å²) in [5.41, 5.74) is 2.31. The minimum Gasteiger partial charge on any atom is -0.484 e. The Labute approximate surface area is 181 Å². The molecule has 0 bridgehead atoms. The fourth-order valence-electron chi connectivity index (χ4n) is 2.76. The highest BCUT2D eigenvalue weighted by Crippen LogP contribution is 2.26. The molecule has 29 heavy (non-hydrogen) atoms. The van der Waals surface area contributed by atoms with Gasteiger partial charge in [-0.2, -0.15) is 5.10 Å². The summed E-state index contributed by atoms with van der Waals surface area (Å²) in [5.74, 6) is 1.58. The molecule has 4 rings (SSSR count). The molecule has 0 aliphatic carbocycles. The maximum Gasteiger partial charge on any atom is 0.262 e. The molecule has 3 aromatic carbocycles. The quantitative estimate of drug-likeness (QED) is 0.378. The van der Waals surface area contributed by atoms with Gasteiger partial charge in [0.05, 0.1) is 5.69 Å². The van der Waals surface area contributed by atoms with Gasteiger partial charge in [-0.15, -0.1) is 0 Å². The van der Waals surface area contributed by atoms with E-state index in [1.165, 1.54) is 0 Å². The molecule has 4 aromatic rings. The summed E-state index contributed by atoms with van der Waals surface area (Å²) in [7, 11) is 0. The highest BCUT2D eigenvalue weighted by molar-refractivity contribution is 14.1. The smallest absolute Gasteiger partial charge is 0.262 e. The minimum atomic E-state index is -0.251. The standard InChI is InChI=1S/C22H17IN4O2/c23-16-10-12-17(13-11-16)29-14-20(28)24-19-9-5-4-8-18(19)22-25-21(26-27-22)15-6-2-1-3-7-15/h1-13H,14H2,(H,24,28)(H,25,26,27). The lowest BCUT2D eigenvalue weighted by Crippen LogP contribution is -2.20. The molecule has 0 saturated heterocycles. The van der Waals surface area contributed by atoms with Crippen LogP contribution in [0, 0.1) is 3.57 Å². The van der Waals surface area contributed by atoms with E-state index in [1.807, 2.05) is 78.9 Å². The van der Waals surface area contributed by atoms with E-state index in [0.29, 0.717) is 23.1 Å². The van der Waals surface area contributed by atoms with E-state index in [1.54, 1.807) is 0 Å². The number of ether oxygens (including phenoxy) is 1. The average molecular weight is 496 g/mol. The Morgan fingerprint density at radius 1 is 0.966 bits per heavy atom. The van der Waals surface area contributed by atoms with E-state index in [4.69, 9.17) is 4.74 Å². The third-order valence-corrected chi connectivity index (χ3v) is 4.88. The second kappa shape index (κ2) is 8.87. The number of rotatable bonds is 6. The van der Waals surface area contributed by atoms with Gasteiger partial charge in [0.1, 0.15) is 5.75 Å². The van der Waals surface area contributed by atoms with Gasteiger partial charge in [0.25, 0.3) is 5.91 Å². The third kappa shape index (κ3) is 4.80. The van der Waals surface area contributed by atoms with E-state index in [-0.39, 0.29) is 12.5 Å². The molecule has 1 aromatic heterocycles. The summed E-state index contributed by atoms with van der Waals surface area (Å²) < 4.78 is 6.66. The number of amides is 1. The molecule has 0 fully saturated rings. The topological polar surface area (TPSA) is 79.9 Å². The Morgan fingerprint density at radius 2 is 1.69 bits per heavy atom. The van der Waals surface area contributed by atoms with Gasteiger partial charge in [-0.25, -0.2) is 4.98 Å². The molecule has 1 amide bonds. The fraction of sp³-hybridized carbons (Fsp3) is 0.0455. The first-order valence-electron chi connectivity index (χ1n) is 8.94. The normalized spacial score (nSPS) is 10.5. The van der Waals surface area contributed by atoms with Crippen molar-refractivity contribution in [3.8, 4) is 28.5 Å². The number of aromatic nitrogens is 3. The van der Waals surface area contributed by atoms with Crippen LogP contribution >= 0.6 is 22.6 Å². The zero-order chi connectivity index (χ0) is 20.1. The molecular weight excluding hydrogens is 479 g/mol. The van der Waals surface area contributed by atoms with E-state index >= 15 is 0 Å². The van der Waals surface area contributed by atoms with Crippen LogP contribution in [0.2, 0.25) is 0 Å². The Morgan fingerprint density at radius 3 is 2.48 bits per heavy atom. The van der Waals surface area contributed by atoms with Gasteiger partial charge in [-0.05, 0) is 59.0 Å². The molecule has 7 heteroatoms. The van der Waals surface area contributed by atoms with Gasteiger partial charge >= 0.3 is 0 Å². The van der Waals surface area contributed by atoms with Gasteiger partial charge in [0, 0.05) is 14.7 Å². The van der Waals surface area contributed by atoms with Crippen molar-refractivity contribution in [2.45, 2.75) is 0 Å². The summed E-state index contributed by atoms with van der Waals surface area (Å²) in [6, 6.07) is 24.7. The van der Waals surface area contributed by atoms with Crippen molar-refractivity contribution >= 4 is 34.2 Å². The van der Waals surface area contributed by atoms with Gasteiger partial charge < -0.3 is 10.1 Å². The summed E-state index contributed by atoms with van der Waals surface area (Å²) in [6.07, 6.45) is 0. The number of benzene rings is 3. The van der Waals surface area contributed by atoms with Gasteiger partial charge in [0.15, 0.2) is 18.3 Å². The Bertz CT molecular complexity index is 1110. The fourth-order valence-corrected chi connectivity index (χ4v) is 3.12. The second-order valence-corrected chi connectivity index (χ2v) is 7.46. The summed E-state index contributed by atoms with van der Waals surface area (Å²) in [4.78, 5) is 16.9. The van der Waals surface area contributed by atoms with E-state index in [9.17, 15) is 4.79 Å². The van der Waals surface area contributed by atoms with Crippen LogP contribution < -0.4 is 10.1 Å². The molecule has 2 N–H and O–H groups in total. The summed E-state index contributed by atoms with van der Waals surface area (Å²) >= 11 is 2.22. The third-order valence-electron chi connectivity index (χ3n) is 4.16. The molecule has 6 nitrogen and oxygen atoms in total. The largest absolute Gasteiger partial charge is 0.484 e. The molecule has 0 atom stereocenters. The number of halogens is 1. The summed E-state index contributed by atoms with van der Waals surface area (Å²) in [5, 5.41) is 10.1. The van der Waals surface area contributed by atoms with E-state index < -0.39 is 0 Å². The molecule has 0 saturated carbocycles. The number of para-hydroxylation sites is 1. The monoisotopic (exact) mass is 496 g/mol. The van der Waals surface area contributed by atoms with Crippen LogP contribution in [0.5, 0.6) is 5.75 Å². The number of anilines is 1. The molecule has 0 aliphatic rings. The number of nitrogens with zero attached hydrogens (tertiary/aromatic N) is 2. The highest BCUT2D eigenvalue weighted by atomic mass is 127. The van der Waals surface area contributed by atoms with Gasteiger partial charge in [0.2, 0.25) is 0 Å². The lowest BCUT2D eigenvalue weighted by Gasteiger charge is -2.10. The van der Waals surface area contributed by atoms with Crippen LogP contribution in [0.25, 0.3) is 22.8 Å². The van der Waals surface area contributed by atoms with Crippen molar-refractivity contribution in [1.82, 2.24) is 15.2 Å². The molecule has 0 radical (unpaired) electrons. The molecule has 0 aliphatic heterocycles. The maximum absolute atomic E-state index is 12.4. The highest BCUT2D eigenvalue weighted by Gasteiger charge is 2.13. The van der Waals surface area contributed by atoms with Crippen LogP contribution in [-0.2, 0) is 4.79 Å². The van der Waals surface area contributed by atoms with Gasteiger partial charge in [-0.3, -0.25) is 9.89 Å². The number of H-pyrrole nitrogens is 1. The molecule has 144 valence electrons. The number of aromatic amines is 1. The van der Waals surface area contributed by atoms with Crippen LogP contribution in [-0.4, -0.2) is 27.7 Å². The van der Waals surface area contributed by atoms with Crippen LogP contribution in [0.15, 0.2) is 78.9 Å². The molecule has 0 spiro atoms. The SMILES string of the molecule is O=C(COc1ccc(I)cc1)Nc1ccccc1-c1nc(-c2ccccc2)n[nH]1. The van der Waals surface area contributed by atoms with Crippen molar-refractivity contribution in [2.24, 2.45) is 0 Å². The number of carbonyl (C=O) groups excluding carboxylic acids is 1. The molecule has 1 heterocycles. The summed E-state index contributed by atoms with van der Waals surface area (Å²) in [6.45, 7) is -0.0827. The van der Waals surface area contributed by atoms with Crippen molar-refractivity contribution in [3.05, 3.63) is 82.4 Å². The van der Waals surface area contributed by atoms with Crippen LogP contribution in [0.3, 0.4) is 0 Å². The molecular formula is C22H17IN4O2. The lowest BCUT2D eigenvalue weighted by atomic mass is 10.1. The second-order valence-electron chi connectivity index (χ2n) is 6.21. The first-order chi connectivity index (χ1) is 14.2.